The van der Waals surface area contributed by atoms with Crippen LogP contribution in [0.4, 0.5) is 5.69 Å². The van der Waals surface area contributed by atoms with Crippen LogP contribution in [0.15, 0.2) is 41.1 Å². The number of aromatic nitrogens is 1. The van der Waals surface area contributed by atoms with Crippen LogP contribution in [0, 0.1) is 0 Å². The maximum Gasteiger partial charge on any atom is 0.341 e. The predicted molar refractivity (Wildman–Crippen MR) is 88.6 cm³/mol. The number of benzene rings is 1. The summed E-state index contributed by atoms with van der Waals surface area (Å²) in [6, 6.07) is 6.56. The average molecular weight is 379 g/mol. The molecule has 0 aliphatic rings. The van der Waals surface area contributed by atoms with Gasteiger partial charge in [-0.1, -0.05) is 0 Å². The van der Waals surface area contributed by atoms with Crippen molar-refractivity contribution in [2.24, 2.45) is 0 Å². The lowest BCUT2D eigenvalue weighted by molar-refractivity contribution is -0.115. The number of esters is 1. The second-order valence-corrected chi connectivity index (χ2v) is 5.56. The van der Waals surface area contributed by atoms with Gasteiger partial charge in [-0.25, -0.2) is 4.79 Å². The van der Waals surface area contributed by atoms with E-state index in [0.29, 0.717) is 17.0 Å². The number of anilines is 1. The molecule has 0 radical (unpaired) electrons. The van der Waals surface area contributed by atoms with E-state index in [4.69, 9.17) is 4.74 Å². The Morgan fingerprint density at radius 3 is 2.65 bits per heavy atom. The van der Waals surface area contributed by atoms with Gasteiger partial charge in [-0.2, -0.15) is 0 Å². The first-order valence-corrected chi connectivity index (χ1v) is 7.48. The van der Waals surface area contributed by atoms with Crippen molar-refractivity contribution in [3.63, 3.8) is 0 Å². The van der Waals surface area contributed by atoms with E-state index in [0.717, 1.165) is 10.0 Å². The summed E-state index contributed by atoms with van der Waals surface area (Å²) < 4.78 is 10.6. The normalized spacial score (nSPS) is 10.0. The van der Waals surface area contributed by atoms with Gasteiger partial charge in [0.1, 0.15) is 11.3 Å². The van der Waals surface area contributed by atoms with E-state index in [2.05, 4.69) is 31.0 Å². The minimum Gasteiger partial charge on any atom is -0.496 e. The molecular formula is C16H15BrN2O4. The first-order chi connectivity index (χ1) is 11.0. The number of amides is 1. The van der Waals surface area contributed by atoms with Crippen LogP contribution in [0.2, 0.25) is 0 Å². The highest BCUT2D eigenvalue weighted by Gasteiger charge is 2.14. The van der Waals surface area contributed by atoms with Crippen molar-refractivity contribution >= 4 is 33.5 Å². The molecule has 7 heteroatoms. The van der Waals surface area contributed by atoms with E-state index >= 15 is 0 Å². The Morgan fingerprint density at radius 2 is 2.00 bits per heavy atom. The molecule has 0 bridgehead atoms. The molecule has 0 aliphatic heterocycles. The fourth-order valence-corrected chi connectivity index (χ4v) is 2.40. The smallest absolute Gasteiger partial charge is 0.341 e. The molecular weight excluding hydrogens is 364 g/mol. The number of hydrogen-bond donors (Lipinski definition) is 1. The SMILES string of the molecule is COC(=O)c1ccc(NC(=O)Cc2cncc(Br)c2)cc1OC. The number of pyridine rings is 1. The Labute approximate surface area is 142 Å². The summed E-state index contributed by atoms with van der Waals surface area (Å²) in [5.41, 5.74) is 1.61. The lowest BCUT2D eigenvalue weighted by atomic mass is 10.1. The third-order valence-electron chi connectivity index (χ3n) is 3.02. The van der Waals surface area contributed by atoms with Gasteiger partial charge in [0.05, 0.1) is 20.6 Å². The first-order valence-electron chi connectivity index (χ1n) is 6.69. The standard InChI is InChI=1S/C16H15BrN2O4/c1-22-14-7-12(3-4-13(14)16(21)23-2)19-15(20)6-10-5-11(17)9-18-8-10/h3-5,7-9H,6H2,1-2H3,(H,19,20). The Balaban J connectivity index is 2.10. The molecule has 0 unspecified atom stereocenters. The third-order valence-corrected chi connectivity index (χ3v) is 3.45. The van der Waals surface area contributed by atoms with Crippen molar-refractivity contribution in [2.45, 2.75) is 6.42 Å². The van der Waals surface area contributed by atoms with E-state index in [1.165, 1.54) is 14.2 Å². The van der Waals surface area contributed by atoms with Gasteiger partial charge >= 0.3 is 5.97 Å². The second kappa shape index (κ2) is 7.73. The monoisotopic (exact) mass is 378 g/mol. The number of nitrogens with zero attached hydrogens (tertiary/aromatic N) is 1. The Hall–Kier alpha value is -2.41. The maximum absolute atomic E-state index is 12.1. The van der Waals surface area contributed by atoms with E-state index in [1.54, 1.807) is 30.6 Å². The van der Waals surface area contributed by atoms with Crippen LogP contribution in [0.3, 0.4) is 0 Å². The lowest BCUT2D eigenvalue weighted by Gasteiger charge is -2.10. The largest absolute Gasteiger partial charge is 0.496 e. The maximum atomic E-state index is 12.1. The highest BCUT2D eigenvalue weighted by atomic mass is 79.9. The van der Waals surface area contributed by atoms with Crippen LogP contribution in [0.5, 0.6) is 5.75 Å². The van der Waals surface area contributed by atoms with Gasteiger partial charge in [0.15, 0.2) is 0 Å². The van der Waals surface area contributed by atoms with Crippen LogP contribution in [-0.4, -0.2) is 31.1 Å². The van der Waals surface area contributed by atoms with Crippen molar-refractivity contribution in [2.75, 3.05) is 19.5 Å². The molecule has 0 saturated carbocycles. The lowest BCUT2D eigenvalue weighted by Crippen LogP contribution is -2.15. The Kier molecular flexibility index (Phi) is 5.70. The number of nitrogens with one attached hydrogen (secondary N) is 1. The zero-order chi connectivity index (χ0) is 16.8. The molecule has 6 nitrogen and oxygen atoms in total. The minimum atomic E-state index is -0.500. The van der Waals surface area contributed by atoms with Crippen molar-refractivity contribution in [3.8, 4) is 5.75 Å². The minimum absolute atomic E-state index is 0.188. The summed E-state index contributed by atoms with van der Waals surface area (Å²) in [5, 5.41) is 2.75. The number of methoxy groups -OCH3 is 2. The van der Waals surface area contributed by atoms with Gasteiger partial charge in [-0.15, -0.1) is 0 Å². The Bertz CT molecular complexity index is 734. The summed E-state index contributed by atoms with van der Waals surface area (Å²) in [4.78, 5) is 27.7. The molecule has 1 aromatic heterocycles. The summed E-state index contributed by atoms with van der Waals surface area (Å²) >= 11 is 3.31. The summed E-state index contributed by atoms with van der Waals surface area (Å²) in [6.45, 7) is 0. The number of rotatable bonds is 5. The first kappa shape index (κ1) is 17.0. The van der Waals surface area contributed by atoms with E-state index < -0.39 is 5.97 Å². The fraction of sp³-hybridized carbons (Fsp3) is 0.188. The van der Waals surface area contributed by atoms with Crippen molar-refractivity contribution in [1.29, 1.82) is 0 Å². The van der Waals surface area contributed by atoms with Gasteiger partial charge in [-0.05, 0) is 39.7 Å². The molecule has 23 heavy (non-hydrogen) atoms. The fourth-order valence-electron chi connectivity index (χ4n) is 1.99. The predicted octanol–water partition coefficient (Wildman–Crippen LogP) is 2.82. The van der Waals surface area contributed by atoms with Gasteiger partial charge in [0.25, 0.3) is 0 Å². The molecule has 0 saturated heterocycles. The van der Waals surface area contributed by atoms with E-state index in [1.807, 2.05) is 6.07 Å². The number of carbonyl (C=O) groups excluding carboxylic acids is 2. The molecule has 1 N–H and O–H groups in total. The summed E-state index contributed by atoms with van der Waals surface area (Å²) in [6.07, 6.45) is 3.47. The molecule has 1 amide bonds. The van der Waals surface area contributed by atoms with E-state index in [-0.39, 0.29) is 12.3 Å². The van der Waals surface area contributed by atoms with Crippen molar-refractivity contribution in [1.82, 2.24) is 4.98 Å². The number of halogens is 1. The molecule has 0 spiro atoms. The molecule has 2 rings (SSSR count). The molecule has 0 aliphatic carbocycles. The zero-order valence-corrected chi connectivity index (χ0v) is 14.2. The number of ether oxygens (including phenoxy) is 2. The van der Waals surface area contributed by atoms with Gasteiger partial charge in [0.2, 0.25) is 5.91 Å². The van der Waals surface area contributed by atoms with Crippen molar-refractivity contribution in [3.05, 3.63) is 52.3 Å². The third kappa shape index (κ3) is 4.53. The highest BCUT2D eigenvalue weighted by Crippen LogP contribution is 2.24. The highest BCUT2D eigenvalue weighted by molar-refractivity contribution is 9.10. The number of carbonyl (C=O) groups is 2. The van der Waals surface area contributed by atoms with Crippen LogP contribution >= 0.6 is 15.9 Å². The molecule has 1 aromatic carbocycles. The molecule has 1 heterocycles. The quantitative estimate of drug-likeness (QED) is 0.809. The average Bonchev–Trinajstić information content (AvgIpc) is 2.53. The van der Waals surface area contributed by atoms with Gasteiger partial charge in [0, 0.05) is 28.6 Å². The molecule has 120 valence electrons. The Morgan fingerprint density at radius 1 is 1.22 bits per heavy atom. The topological polar surface area (TPSA) is 77.5 Å². The molecule has 2 aromatic rings. The van der Waals surface area contributed by atoms with Crippen LogP contribution < -0.4 is 10.1 Å². The zero-order valence-electron chi connectivity index (χ0n) is 12.6. The second-order valence-electron chi connectivity index (χ2n) is 4.64. The molecule has 0 fully saturated rings. The van der Waals surface area contributed by atoms with Gasteiger partial charge < -0.3 is 14.8 Å². The van der Waals surface area contributed by atoms with Crippen LogP contribution in [-0.2, 0) is 16.0 Å². The van der Waals surface area contributed by atoms with Crippen LogP contribution in [0.25, 0.3) is 0 Å². The molecule has 0 atom stereocenters. The summed E-state index contributed by atoms with van der Waals surface area (Å²) in [7, 11) is 2.74. The summed E-state index contributed by atoms with van der Waals surface area (Å²) in [5.74, 6) is -0.364. The van der Waals surface area contributed by atoms with Gasteiger partial charge in [-0.3, -0.25) is 9.78 Å². The van der Waals surface area contributed by atoms with Crippen LogP contribution in [0.1, 0.15) is 15.9 Å². The van der Waals surface area contributed by atoms with E-state index in [9.17, 15) is 9.59 Å². The van der Waals surface area contributed by atoms with Crippen molar-refractivity contribution < 1.29 is 19.1 Å². The number of hydrogen-bond acceptors (Lipinski definition) is 5.